The first-order valence-electron chi connectivity index (χ1n) is 4.24. The molecular weight excluding hydrogens is 150 g/mol. The van der Waals surface area contributed by atoms with Crippen LogP contribution in [0.2, 0.25) is 0 Å². The minimum Gasteiger partial charge on any atom is -0.356 e. The first-order chi connectivity index (χ1) is 5.88. The van der Waals surface area contributed by atoms with Gasteiger partial charge in [-0.3, -0.25) is 0 Å². The summed E-state index contributed by atoms with van der Waals surface area (Å²) < 4.78 is 2.03. The fourth-order valence-corrected chi connectivity index (χ4v) is 1.000. The Morgan fingerprint density at radius 2 is 2.58 bits per heavy atom. The summed E-state index contributed by atoms with van der Waals surface area (Å²) in [6.45, 7) is 7.59. The molecule has 0 aromatic carbocycles. The van der Waals surface area contributed by atoms with Crippen LogP contribution in [0.25, 0.3) is 0 Å². The Labute approximate surface area is 73.1 Å². The summed E-state index contributed by atoms with van der Waals surface area (Å²) >= 11 is 0. The lowest BCUT2D eigenvalue weighted by Crippen LogP contribution is -2.07. The van der Waals surface area contributed by atoms with Crippen LogP contribution < -0.4 is 5.32 Å². The normalized spacial score (nSPS) is 9.75. The van der Waals surface area contributed by atoms with E-state index in [1.807, 2.05) is 16.8 Å². The largest absolute Gasteiger partial charge is 0.356 e. The summed E-state index contributed by atoms with van der Waals surface area (Å²) in [5.41, 5.74) is 0. The summed E-state index contributed by atoms with van der Waals surface area (Å²) in [7, 11) is 0. The molecule has 3 nitrogen and oxygen atoms in total. The van der Waals surface area contributed by atoms with Crippen LogP contribution in [0.1, 0.15) is 13.3 Å². The van der Waals surface area contributed by atoms with Gasteiger partial charge in [0.05, 0.1) is 0 Å². The Morgan fingerprint density at radius 3 is 3.25 bits per heavy atom. The molecule has 0 radical (unpaired) electrons. The molecular formula is C9H15N3. The van der Waals surface area contributed by atoms with Crippen molar-refractivity contribution in [2.75, 3.05) is 11.9 Å². The lowest BCUT2D eigenvalue weighted by atomic mass is 10.5. The smallest absolute Gasteiger partial charge is 0.203 e. The van der Waals surface area contributed by atoms with Crippen molar-refractivity contribution in [2.45, 2.75) is 19.9 Å². The number of aromatic nitrogens is 2. The monoisotopic (exact) mass is 165 g/mol. The molecule has 0 fully saturated rings. The molecule has 0 atom stereocenters. The summed E-state index contributed by atoms with van der Waals surface area (Å²) in [5.74, 6) is 0.928. The highest BCUT2D eigenvalue weighted by atomic mass is 15.2. The van der Waals surface area contributed by atoms with Crippen molar-refractivity contribution < 1.29 is 0 Å². The maximum absolute atomic E-state index is 4.18. The zero-order chi connectivity index (χ0) is 8.81. The van der Waals surface area contributed by atoms with Crippen LogP contribution in [-0.4, -0.2) is 16.1 Å². The van der Waals surface area contributed by atoms with E-state index in [-0.39, 0.29) is 0 Å². The first kappa shape index (κ1) is 8.84. The van der Waals surface area contributed by atoms with Gasteiger partial charge in [-0.15, -0.1) is 6.58 Å². The predicted molar refractivity (Wildman–Crippen MR) is 51.2 cm³/mol. The van der Waals surface area contributed by atoms with Crippen molar-refractivity contribution in [1.29, 1.82) is 0 Å². The highest BCUT2D eigenvalue weighted by Crippen LogP contribution is 2.03. The van der Waals surface area contributed by atoms with Crippen molar-refractivity contribution in [3.8, 4) is 0 Å². The molecule has 1 rings (SSSR count). The molecule has 0 saturated heterocycles. The molecule has 0 amide bonds. The maximum atomic E-state index is 4.18. The van der Waals surface area contributed by atoms with Gasteiger partial charge in [0.15, 0.2) is 0 Å². The van der Waals surface area contributed by atoms with E-state index in [1.54, 1.807) is 6.20 Å². The molecule has 1 N–H and O–H groups in total. The molecule has 12 heavy (non-hydrogen) atoms. The molecule has 0 bridgehead atoms. The topological polar surface area (TPSA) is 29.9 Å². The van der Waals surface area contributed by atoms with Gasteiger partial charge in [-0.05, 0) is 6.42 Å². The second kappa shape index (κ2) is 4.59. The minimum atomic E-state index is 0.812. The minimum absolute atomic E-state index is 0.812. The average molecular weight is 165 g/mol. The first-order valence-corrected chi connectivity index (χ1v) is 4.24. The summed E-state index contributed by atoms with van der Waals surface area (Å²) in [6.07, 6.45) is 6.71. The molecule has 0 unspecified atom stereocenters. The zero-order valence-corrected chi connectivity index (χ0v) is 7.45. The quantitative estimate of drug-likeness (QED) is 0.675. The third-order valence-corrected chi connectivity index (χ3v) is 1.57. The molecule has 0 aliphatic heterocycles. The Morgan fingerprint density at radius 1 is 1.75 bits per heavy atom. The van der Waals surface area contributed by atoms with E-state index in [1.165, 1.54) is 0 Å². The summed E-state index contributed by atoms with van der Waals surface area (Å²) in [5, 5.41) is 3.23. The molecule has 1 aromatic rings. The van der Waals surface area contributed by atoms with E-state index in [4.69, 9.17) is 0 Å². The van der Waals surface area contributed by atoms with E-state index < -0.39 is 0 Å². The van der Waals surface area contributed by atoms with Gasteiger partial charge in [0, 0.05) is 25.5 Å². The fraction of sp³-hybridized carbons (Fsp3) is 0.444. The Bertz CT molecular complexity index is 240. The van der Waals surface area contributed by atoms with Crippen LogP contribution in [0.15, 0.2) is 25.0 Å². The lowest BCUT2D eigenvalue weighted by molar-refractivity contribution is 0.814. The van der Waals surface area contributed by atoms with Gasteiger partial charge in [0.2, 0.25) is 5.95 Å². The van der Waals surface area contributed by atoms with Crippen LogP contribution in [-0.2, 0) is 6.54 Å². The van der Waals surface area contributed by atoms with Crippen molar-refractivity contribution in [1.82, 2.24) is 9.55 Å². The Balaban J connectivity index is 2.57. The van der Waals surface area contributed by atoms with Gasteiger partial charge in [-0.2, -0.15) is 0 Å². The average Bonchev–Trinajstić information content (AvgIpc) is 2.50. The summed E-state index contributed by atoms with van der Waals surface area (Å²) in [4.78, 5) is 4.18. The van der Waals surface area contributed by atoms with Gasteiger partial charge >= 0.3 is 0 Å². The predicted octanol–water partition coefficient (Wildman–Crippen LogP) is 1.89. The number of hydrogen-bond acceptors (Lipinski definition) is 2. The zero-order valence-electron chi connectivity index (χ0n) is 7.45. The van der Waals surface area contributed by atoms with Gasteiger partial charge in [0.1, 0.15) is 0 Å². The van der Waals surface area contributed by atoms with Crippen LogP contribution in [0.4, 0.5) is 5.95 Å². The molecule has 66 valence electrons. The number of nitrogens with one attached hydrogen (secondary N) is 1. The number of rotatable bonds is 5. The van der Waals surface area contributed by atoms with E-state index in [2.05, 4.69) is 23.8 Å². The number of imidazole rings is 1. The van der Waals surface area contributed by atoms with Crippen LogP contribution in [0, 0.1) is 0 Å². The standard InChI is InChI=1S/C9H15N3/c1-3-5-10-9-11-6-8-12(9)7-4-2/h4,6,8H,2-3,5,7H2,1H3,(H,10,11). The second-order valence-corrected chi connectivity index (χ2v) is 2.62. The number of anilines is 1. The number of hydrogen-bond donors (Lipinski definition) is 1. The third-order valence-electron chi connectivity index (χ3n) is 1.57. The molecule has 1 aromatic heterocycles. The van der Waals surface area contributed by atoms with E-state index >= 15 is 0 Å². The van der Waals surface area contributed by atoms with E-state index in [0.29, 0.717) is 0 Å². The van der Waals surface area contributed by atoms with Gasteiger partial charge in [0.25, 0.3) is 0 Å². The SMILES string of the molecule is C=CCn1ccnc1NCCC. The fourth-order valence-electron chi connectivity index (χ4n) is 1.000. The van der Waals surface area contributed by atoms with Crippen LogP contribution in [0.5, 0.6) is 0 Å². The van der Waals surface area contributed by atoms with E-state index in [0.717, 1.165) is 25.5 Å². The third kappa shape index (κ3) is 2.12. The van der Waals surface area contributed by atoms with Crippen molar-refractivity contribution in [2.24, 2.45) is 0 Å². The van der Waals surface area contributed by atoms with Crippen LogP contribution in [0.3, 0.4) is 0 Å². The second-order valence-electron chi connectivity index (χ2n) is 2.62. The van der Waals surface area contributed by atoms with Gasteiger partial charge in [-0.1, -0.05) is 13.0 Å². The number of nitrogens with zero attached hydrogens (tertiary/aromatic N) is 2. The lowest BCUT2D eigenvalue weighted by Gasteiger charge is -2.05. The molecule has 0 aliphatic carbocycles. The highest BCUT2D eigenvalue weighted by Gasteiger charge is 1.97. The van der Waals surface area contributed by atoms with Gasteiger partial charge in [-0.25, -0.2) is 4.98 Å². The summed E-state index contributed by atoms with van der Waals surface area (Å²) in [6, 6.07) is 0. The highest BCUT2D eigenvalue weighted by molar-refractivity contribution is 5.25. The Kier molecular flexibility index (Phi) is 3.38. The Hall–Kier alpha value is -1.25. The molecule has 3 heteroatoms. The molecule has 1 heterocycles. The maximum Gasteiger partial charge on any atom is 0.203 e. The van der Waals surface area contributed by atoms with Crippen molar-refractivity contribution in [3.05, 3.63) is 25.0 Å². The molecule has 0 aliphatic rings. The van der Waals surface area contributed by atoms with Crippen molar-refractivity contribution in [3.63, 3.8) is 0 Å². The number of allylic oxidation sites excluding steroid dienone is 1. The van der Waals surface area contributed by atoms with Gasteiger partial charge < -0.3 is 9.88 Å². The molecule has 0 saturated carbocycles. The van der Waals surface area contributed by atoms with E-state index in [9.17, 15) is 0 Å². The molecule has 0 spiro atoms. The van der Waals surface area contributed by atoms with Crippen LogP contribution >= 0.6 is 0 Å². The van der Waals surface area contributed by atoms with Crippen molar-refractivity contribution >= 4 is 5.95 Å².